The molecular formula is C11H15N3S. The number of aromatic nitrogens is 2. The molecule has 2 aromatic rings. The molecule has 3 nitrogen and oxygen atoms in total. The van der Waals surface area contributed by atoms with Gasteiger partial charge in [0.15, 0.2) is 0 Å². The Labute approximate surface area is 93.9 Å². The largest absolute Gasteiger partial charge is 0.311 e. The molecular weight excluding hydrogens is 206 g/mol. The van der Waals surface area contributed by atoms with E-state index in [1.165, 1.54) is 5.69 Å². The Kier molecular flexibility index (Phi) is 3.28. The lowest BCUT2D eigenvalue weighted by Gasteiger charge is -2.03. The van der Waals surface area contributed by atoms with Gasteiger partial charge in [0.05, 0.1) is 5.69 Å². The first-order valence-electron chi connectivity index (χ1n) is 5.07. The number of fused-ring (bicyclic) bond motifs is 1. The summed E-state index contributed by atoms with van der Waals surface area (Å²) in [5.74, 6) is 0. The molecule has 0 aliphatic rings. The predicted molar refractivity (Wildman–Crippen MR) is 64.4 cm³/mol. The van der Waals surface area contributed by atoms with Crippen LogP contribution in [0.3, 0.4) is 0 Å². The van der Waals surface area contributed by atoms with Gasteiger partial charge in [0.25, 0.3) is 0 Å². The van der Waals surface area contributed by atoms with E-state index < -0.39 is 0 Å². The molecule has 2 aromatic heterocycles. The highest BCUT2D eigenvalue weighted by molar-refractivity contribution is 7.98. The Bertz CT molecular complexity index is 450. The Morgan fingerprint density at radius 3 is 3.07 bits per heavy atom. The predicted octanol–water partition coefficient (Wildman–Crippen LogP) is 2.17. The minimum Gasteiger partial charge on any atom is -0.311 e. The summed E-state index contributed by atoms with van der Waals surface area (Å²) in [6, 6.07) is 6.09. The molecule has 0 amide bonds. The second-order valence-corrected chi connectivity index (χ2v) is 4.07. The Morgan fingerprint density at radius 2 is 2.33 bits per heavy atom. The monoisotopic (exact) mass is 221 g/mol. The summed E-state index contributed by atoms with van der Waals surface area (Å²) in [5.41, 5.74) is 2.27. The molecule has 0 aliphatic heterocycles. The molecule has 0 aromatic carbocycles. The first-order valence-corrected chi connectivity index (χ1v) is 6.30. The second kappa shape index (κ2) is 4.68. The van der Waals surface area contributed by atoms with Crippen LogP contribution in [0.2, 0.25) is 0 Å². The van der Waals surface area contributed by atoms with Crippen molar-refractivity contribution < 1.29 is 0 Å². The number of hydrogen-bond acceptors (Lipinski definition) is 3. The molecule has 4 heteroatoms. The van der Waals surface area contributed by atoms with Crippen LogP contribution >= 0.6 is 11.8 Å². The molecule has 0 atom stereocenters. The van der Waals surface area contributed by atoms with Crippen molar-refractivity contribution in [3.05, 3.63) is 30.1 Å². The quantitative estimate of drug-likeness (QED) is 0.802. The topological polar surface area (TPSA) is 29.3 Å². The number of hydrogen-bond donors (Lipinski definition) is 1. The smallest absolute Gasteiger partial charge is 0.138 e. The summed E-state index contributed by atoms with van der Waals surface area (Å²) in [6.45, 7) is 3.97. The van der Waals surface area contributed by atoms with Gasteiger partial charge in [-0.3, -0.25) is 0 Å². The SMILES string of the molecule is CCNCc1c(SC)nc2ccccn12. The van der Waals surface area contributed by atoms with Gasteiger partial charge in [0.1, 0.15) is 10.7 Å². The maximum atomic E-state index is 4.57. The lowest BCUT2D eigenvalue weighted by molar-refractivity contribution is 0.694. The zero-order valence-corrected chi connectivity index (χ0v) is 9.84. The summed E-state index contributed by atoms with van der Waals surface area (Å²) >= 11 is 1.70. The highest BCUT2D eigenvalue weighted by Gasteiger charge is 2.09. The lowest BCUT2D eigenvalue weighted by Crippen LogP contribution is -2.13. The fourth-order valence-electron chi connectivity index (χ4n) is 1.59. The van der Waals surface area contributed by atoms with Gasteiger partial charge in [0.2, 0.25) is 0 Å². The molecule has 0 saturated carbocycles. The molecule has 15 heavy (non-hydrogen) atoms. The molecule has 80 valence electrons. The van der Waals surface area contributed by atoms with Crippen LogP contribution in [0, 0.1) is 0 Å². The third kappa shape index (κ3) is 2.01. The molecule has 2 rings (SSSR count). The fraction of sp³-hybridized carbons (Fsp3) is 0.364. The van der Waals surface area contributed by atoms with Gasteiger partial charge >= 0.3 is 0 Å². The van der Waals surface area contributed by atoms with E-state index in [4.69, 9.17) is 0 Å². The van der Waals surface area contributed by atoms with Crippen LogP contribution in [0.15, 0.2) is 29.4 Å². The van der Waals surface area contributed by atoms with Crippen LogP contribution in [0.1, 0.15) is 12.6 Å². The van der Waals surface area contributed by atoms with Gasteiger partial charge in [-0.05, 0) is 24.9 Å². The maximum absolute atomic E-state index is 4.57. The average molecular weight is 221 g/mol. The van der Waals surface area contributed by atoms with Gasteiger partial charge < -0.3 is 9.72 Å². The second-order valence-electron chi connectivity index (χ2n) is 3.28. The van der Waals surface area contributed by atoms with Gasteiger partial charge in [0, 0.05) is 12.7 Å². The van der Waals surface area contributed by atoms with Crippen LogP contribution in [0.25, 0.3) is 5.65 Å². The van der Waals surface area contributed by atoms with Crippen LogP contribution in [0.4, 0.5) is 0 Å². The number of imidazole rings is 1. The van der Waals surface area contributed by atoms with Crippen LogP contribution in [-0.2, 0) is 6.54 Å². The lowest BCUT2D eigenvalue weighted by atomic mass is 10.4. The molecule has 2 heterocycles. The molecule has 1 N–H and O–H groups in total. The van der Waals surface area contributed by atoms with Gasteiger partial charge in [-0.1, -0.05) is 13.0 Å². The van der Waals surface area contributed by atoms with Crippen LogP contribution in [-0.4, -0.2) is 22.2 Å². The van der Waals surface area contributed by atoms with E-state index in [0.29, 0.717) is 0 Å². The van der Waals surface area contributed by atoms with Crippen LogP contribution < -0.4 is 5.32 Å². The van der Waals surface area contributed by atoms with Crippen molar-refractivity contribution in [1.29, 1.82) is 0 Å². The van der Waals surface area contributed by atoms with Crippen molar-refractivity contribution in [2.75, 3.05) is 12.8 Å². The van der Waals surface area contributed by atoms with Crippen LogP contribution in [0.5, 0.6) is 0 Å². The molecule has 0 radical (unpaired) electrons. The number of thioether (sulfide) groups is 1. The standard InChI is InChI=1S/C11H15N3S/c1-3-12-8-9-11(15-2)13-10-6-4-5-7-14(9)10/h4-7,12H,3,8H2,1-2H3. The average Bonchev–Trinajstić information content (AvgIpc) is 2.64. The van der Waals surface area contributed by atoms with Crippen molar-refractivity contribution in [2.45, 2.75) is 18.5 Å². The zero-order valence-electron chi connectivity index (χ0n) is 9.03. The molecule has 0 fully saturated rings. The summed E-state index contributed by atoms with van der Waals surface area (Å²) < 4.78 is 2.15. The highest BCUT2D eigenvalue weighted by atomic mass is 32.2. The Morgan fingerprint density at radius 1 is 1.47 bits per heavy atom. The van der Waals surface area contributed by atoms with Crippen molar-refractivity contribution in [1.82, 2.24) is 14.7 Å². The van der Waals surface area contributed by atoms with E-state index in [0.717, 1.165) is 23.8 Å². The highest BCUT2D eigenvalue weighted by Crippen LogP contribution is 2.20. The number of pyridine rings is 1. The first kappa shape index (κ1) is 10.5. The summed E-state index contributed by atoms with van der Waals surface area (Å²) in [7, 11) is 0. The molecule has 0 aliphatic carbocycles. The number of nitrogens with one attached hydrogen (secondary N) is 1. The zero-order chi connectivity index (χ0) is 10.7. The van der Waals surface area contributed by atoms with Gasteiger partial charge in [-0.2, -0.15) is 0 Å². The maximum Gasteiger partial charge on any atom is 0.138 e. The Hall–Kier alpha value is -1.00. The number of rotatable bonds is 4. The fourth-order valence-corrected chi connectivity index (χ4v) is 2.18. The minimum atomic E-state index is 0.873. The molecule has 0 spiro atoms. The van der Waals surface area contributed by atoms with Gasteiger partial charge in [-0.15, -0.1) is 11.8 Å². The summed E-state index contributed by atoms with van der Waals surface area (Å²) in [4.78, 5) is 4.57. The normalized spacial score (nSPS) is 11.1. The molecule has 0 unspecified atom stereocenters. The Balaban J connectivity index is 2.47. The van der Waals surface area contributed by atoms with E-state index in [9.17, 15) is 0 Å². The third-order valence-electron chi connectivity index (χ3n) is 2.33. The van der Waals surface area contributed by atoms with E-state index in [-0.39, 0.29) is 0 Å². The number of nitrogens with zero attached hydrogens (tertiary/aromatic N) is 2. The van der Waals surface area contributed by atoms with Crippen molar-refractivity contribution in [3.63, 3.8) is 0 Å². The van der Waals surface area contributed by atoms with E-state index in [2.05, 4.69) is 34.1 Å². The van der Waals surface area contributed by atoms with Crippen molar-refractivity contribution >= 4 is 17.4 Å². The van der Waals surface area contributed by atoms with Crippen molar-refractivity contribution in [2.24, 2.45) is 0 Å². The summed E-state index contributed by atoms with van der Waals surface area (Å²) in [5, 5.41) is 4.46. The van der Waals surface area contributed by atoms with E-state index in [1.54, 1.807) is 11.8 Å². The first-order chi connectivity index (χ1) is 7.36. The molecule has 0 saturated heterocycles. The minimum absolute atomic E-state index is 0.873. The van der Waals surface area contributed by atoms with E-state index in [1.807, 2.05) is 18.2 Å². The third-order valence-corrected chi connectivity index (χ3v) is 3.04. The summed E-state index contributed by atoms with van der Waals surface area (Å²) in [6.07, 6.45) is 4.13. The molecule has 0 bridgehead atoms. The van der Waals surface area contributed by atoms with Gasteiger partial charge in [-0.25, -0.2) is 4.98 Å². The van der Waals surface area contributed by atoms with Crippen molar-refractivity contribution in [3.8, 4) is 0 Å². The van der Waals surface area contributed by atoms with E-state index >= 15 is 0 Å².